The second kappa shape index (κ2) is 7.45. The van der Waals surface area contributed by atoms with Crippen molar-refractivity contribution in [2.75, 3.05) is 6.54 Å². The van der Waals surface area contributed by atoms with E-state index in [0.29, 0.717) is 18.7 Å². The summed E-state index contributed by atoms with van der Waals surface area (Å²) in [6, 6.07) is 0. The number of carboxylic acids is 1. The quantitative estimate of drug-likeness (QED) is 0.777. The van der Waals surface area contributed by atoms with Gasteiger partial charge in [-0.05, 0) is 25.7 Å². The highest BCUT2D eigenvalue weighted by molar-refractivity contribution is 5.91. The molecule has 0 saturated heterocycles. The Kier molecular flexibility index (Phi) is 5.92. The van der Waals surface area contributed by atoms with Crippen LogP contribution in [0.1, 0.15) is 42.4 Å². The predicted molar refractivity (Wildman–Crippen MR) is 69.8 cm³/mol. The minimum Gasteiger partial charge on any atom is -0.481 e. The summed E-state index contributed by atoms with van der Waals surface area (Å²) < 4.78 is 0. The van der Waals surface area contributed by atoms with E-state index in [2.05, 4.69) is 15.3 Å². The lowest BCUT2D eigenvalue weighted by Crippen LogP contribution is -2.26. The second-order valence-corrected chi connectivity index (χ2v) is 4.63. The third-order valence-corrected chi connectivity index (χ3v) is 2.79. The summed E-state index contributed by atoms with van der Waals surface area (Å²) in [4.78, 5) is 30.1. The van der Waals surface area contributed by atoms with Gasteiger partial charge in [0.05, 0.1) is 11.9 Å². The molecule has 6 heteroatoms. The normalized spacial score (nSPS) is 11.9. The summed E-state index contributed by atoms with van der Waals surface area (Å²) in [5, 5.41) is 11.3. The van der Waals surface area contributed by atoms with Crippen molar-refractivity contribution in [3.63, 3.8) is 0 Å². The fraction of sp³-hybridized carbons (Fsp3) is 0.538. The van der Waals surface area contributed by atoms with Crippen molar-refractivity contribution in [1.82, 2.24) is 15.3 Å². The number of amides is 1. The highest BCUT2D eigenvalue weighted by atomic mass is 16.4. The van der Waals surface area contributed by atoms with Crippen molar-refractivity contribution in [2.24, 2.45) is 5.92 Å². The Labute approximate surface area is 112 Å². The van der Waals surface area contributed by atoms with Crippen LogP contribution in [-0.4, -0.2) is 33.5 Å². The zero-order valence-electron chi connectivity index (χ0n) is 11.2. The SMILES string of the molecule is Cc1cnc(C(=O)NCCC(C)CCC(=O)O)cn1. The molecule has 1 amide bonds. The number of carbonyl (C=O) groups is 2. The van der Waals surface area contributed by atoms with Crippen LogP contribution in [-0.2, 0) is 4.79 Å². The molecular weight excluding hydrogens is 246 g/mol. The minimum atomic E-state index is -0.786. The Morgan fingerprint density at radius 2 is 2.05 bits per heavy atom. The Morgan fingerprint density at radius 1 is 1.32 bits per heavy atom. The molecule has 0 saturated carbocycles. The standard InChI is InChI=1S/C13H19N3O3/c1-9(3-4-12(17)18)5-6-14-13(19)11-8-15-10(2)7-16-11/h7-9H,3-6H2,1-2H3,(H,14,19)(H,17,18). The van der Waals surface area contributed by atoms with Crippen molar-refractivity contribution in [2.45, 2.75) is 33.1 Å². The average molecular weight is 265 g/mol. The lowest BCUT2D eigenvalue weighted by Gasteiger charge is -2.10. The van der Waals surface area contributed by atoms with E-state index in [1.165, 1.54) is 6.20 Å². The number of hydrogen-bond acceptors (Lipinski definition) is 4. The van der Waals surface area contributed by atoms with Gasteiger partial charge in [-0.25, -0.2) is 4.98 Å². The molecule has 1 heterocycles. The topological polar surface area (TPSA) is 92.2 Å². The molecule has 0 spiro atoms. The highest BCUT2D eigenvalue weighted by Gasteiger charge is 2.09. The number of nitrogens with one attached hydrogen (secondary N) is 1. The Bertz CT molecular complexity index is 431. The van der Waals surface area contributed by atoms with Crippen LogP contribution in [0.4, 0.5) is 0 Å². The molecule has 0 aromatic carbocycles. The van der Waals surface area contributed by atoms with Crippen molar-refractivity contribution >= 4 is 11.9 Å². The van der Waals surface area contributed by atoms with Gasteiger partial charge in [0.25, 0.3) is 5.91 Å². The molecule has 0 aliphatic carbocycles. The van der Waals surface area contributed by atoms with E-state index in [1.54, 1.807) is 13.1 Å². The van der Waals surface area contributed by atoms with Crippen LogP contribution >= 0.6 is 0 Å². The van der Waals surface area contributed by atoms with Gasteiger partial charge in [0.15, 0.2) is 0 Å². The van der Waals surface area contributed by atoms with Crippen LogP contribution < -0.4 is 5.32 Å². The van der Waals surface area contributed by atoms with E-state index in [0.717, 1.165) is 12.1 Å². The zero-order valence-corrected chi connectivity index (χ0v) is 11.2. The Morgan fingerprint density at radius 3 is 2.63 bits per heavy atom. The van der Waals surface area contributed by atoms with Crippen LogP contribution in [0.25, 0.3) is 0 Å². The lowest BCUT2D eigenvalue weighted by molar-refractivity contribution is -0.137. The first-order chi connectivity index (χ1) is 8.99. The third kappa shape index (κ3) is 5.94. The number of aliphatic carboxylic acids is 1. The minimum absolute atomic E-state index is 0.165. The summed E-state index contributed by atoms with van der Waals surface area (Å²) in [6.07, 6.45) is 4.52. The van der Waals surface area contributed by atoms with E-state index in [9.17, 15) is 9.59 Å². The Balaban J connectivity index is 2.27. The number of aryl methyl sites for hydroxylation is 1. The van der Waals surface area contributed by atoms with Crippen LogP contribution in [0.15, 0.2) is 12.4 Å². The van der Waals surface area contributed by atoms with Crippen LogP contribution in [0.5, 0.6) is 0 Å². The molecule has 1 unspecified atom stereocenters. The molecule has 1 rings (SSSR count). The fourth-order valence-electron chi connectivity index (χ4n) is 1.55. The summed E-state index contributed by atoms with van der Waals surface area (Å²) in [5.41, 5.74) is 1.06. The van der Waals surface area contributed by atoms with Gasteiger partial charge < -0.3 is 10.4 Å². The first kappa shape index (κ1) is 15.1. The van der Waals surface area contributed by atoms with Gasteiger partial charge in [0, 0.05) is 19.2 Å². The number of carboxylic acid groups (broad SMARTS) is 1. The molecule has 6 nitrogen and oxygen atoms in total. The summed E-state index contributed by atoms with van der Waals surface area (Å²) >= 11 is 0. The molecule has 1 aromatic rings. The first-order valence-corrected chi connectivity index (χ1v) is 6.27. The van der Waals surface area contributed by atoms with Crippen LogP contribution in [0.2, 0.25) is 0 Å². The van der Waals surface area contributed by atoms with Crippen LogP contribution in [0, 0.1) is 12.8 Å². The van der Waals surface area contributed by atoms with Gasteiger partial charge in [0.2, 0.25) is 0 Å². The third-order valence-electron chi connectivity index (χ3n) is 2.79. The van der Waals surface area contributed by atoms with Gasteiger partial charge in [0.1, 0.15) is 5.69 Å². The van der Waals surface area contributed by atoms with Gasteiger partial charge in [-0.15, -0.1) is 0 Å². The smallest absolute Gasteiger partial charge is 0.303 e. The first-order valence-electron chi connectivity index (χ1n) is 6.27. The molecule has 0 radical (unpaired) electrons. The molecular formula is C13H19N3O3. The van der Waals surface area contributed by atoms with E-state index in [4.69, 9.17) is 5.11 Å². The summed E-state index contributed by atoms with van der Waals surface area (Å²) in [7, 11) is 0. The summed E-state index contributed by atoms with van der Waals surface area (Å²) in [5.74, 6) is -0.774. The maximum absolute atomic E-state index is 11.7. The number of rotatable bonds is 7. The number of nitrogens with zero attached hydrogens (tertiary/aromatic N) is 2. The number of hydrogen-bond donors (Lipinski definition) is 2. The van der Waals surface area contributed by atoms with Crippen LogP contribution in [0.3, 0.4) is 0 Å². The molecule has 0 aliphatic rings. The van der Waals surface area contributed by atoms with E-state index in [1.807, 2.05) is 6.92 Å². The molecule has 1 atom stereocenters. The van der Waals surface area contributed by atoms with Crippen molar-refractivity contribution in [3.05, 3.63) is 23.8 Å². The molecule has 1 aromatic heterocycles. The predicted octanol–water partition coefficient (Wildman–Crippen LogP) is 1.41. The van der Waals surface area contributed by atoms with Crippen molar-refractivity contribution in [3.8, 4) is 0 Å². The molecule has 0 bridgehead atoms. The second-order valence-electron chi connectivity index (χ2n) is 4.63. The van der Waals surface area contributed by atoms with E-state index in [-0.39, 0.29) is 18.2 Å². The molecule has 0 aliphatic heterocycles. The lowest BCUT2D eigenvalue weighted by atomic mass is 10.0. The monoisotopic (exact) mass is 265 g/mol. The van der Waals surface area contributed by atoms with Gasteiger partial charge in [-0.3, -0.25) is 14.6 Å². The molecule has 104 valence electrons. The molecule has 19 heavy (non-hydrogen) atoms. The fourth-order valence-corrected chi connectivity index (χ4v) is 1.55. The van der Waals surface area contributed by atoms with E-state index >= 15 is 0 Å². The van der Waals surface area contributed by atoms with Gasteiger partial charge in [-0.2, -0.15) is 0 Å². The van der Waals surface area contributed by atoms with Gasteiger partial charge in [-0.1, -0.05) is 6.92 Å². The maximum Gasteiger partial charge on any atom is 0.303 e. The summed E-state index contributed by atoms with van der Waals surface area (Å²) in [6.45, 7) is 4.29. The average Bonchev–Trinajstić information content (AvgIpc) is 2.37. The number of aromatic nitrogens is 2. The van der Waals surface area contributed by atoms with E-state index < -0.39 is 5.97 Å². The molecule has 0 fully saturated rings. The van der Waals surface area contributed by atoms with Gasteiger partial charge >= 0.3 is 5.97 Å². The van der Waals surface area contributed by atoms with Crippen molar-refractivity contribution < 1.29 is 14.7 Å². The number of carbonyl (C=O) groups excluding carboxylic acids is 1. The largest absolute Gasteiger partial charge is 0.481 e. The zero-order chi connectivity index (χ0) is 14.3. The maximum atomic E-state index is 11.7. The highest BCUT2D eigenvalue weighted by Crippen LogP contribution is 2.09. The Hall–Kier alpha value is -1.98. The molecule has 2 N–H and O–H groups in total. The van der Waals surface area contributed by atoms with Crippen molar-refractivity contribution in [1.29, 1.82) is 0 Å².